The van der Waals surface area contributed by atoms with Crippen LogP contribution >= 0.6 is 0 Å². The number of hydrogen-bond acceptors (Lipinski definition) is 13. The molecule has 298 valence electrons. The molecule has 15 atom stereocenters. The van der Waals surface area contributed by atoms with Crippen LogP contribution in [-0.2, 0) is 14.2 Å². The predicted molar refractivity (Wildman–Crippen MR) is 189 cm³/mol. The smallest absolute Gasteiger partial charge is 0.259 e. The van der Waals surface area contributed by atoms with E-state index in [0.717, 1.165) is 38.5 Å². The first-order valence-electron chi connectivity index (χ1n) is 19.3. The summed E-state index contributed by atoms with van der Waals surface area (Å²) in [5, 5.41) is 103. The number of aliphatic hydroxyl groups is 10. The first-order chi connectivity index (χ1) is 24.4. The Balaban J connectivity index is 1.27. The predicted octanol–water partition coefficient (Wildman–Crippen LogP) is 3.81. The van der Waals surface area contributed by atoms with Gasteiger partial charge < -0.3 is 65.3 Å². The molecule has 4 aliphatic carbocycles. The van der Waals surface area contributed by atoms with Crippen LogP contribution in [0, 0.1) is 52.3 Å². The molecule has 10 N–H and O–H groups in total. The molecule has 0 amide bonds. The van der Waals surface area contributed by atoms with E-state index in [9.17, 15) is 46.0 Å². The number of ether oxygens (including phenoxy) is 3. The molecule has 1 heterocycles. The van der Waals surface area contributed by atoms with Gasteiger partial charge in [0.2, 0.25) is 12.0 Å². The number of hydrogen-bond donors (Lipinski definition) is 10. The third-order valence-electron chi connectivity index (χ3n) is 13.9. The maximum Gasteiger partial charge on any atom is 0.259 e. The van der Waals surface area contributed by atoms with Crippen molar-refractivity contribution < 1.29 is 65.3 Å². The van der Waals surface area contributed by atoms with E-state index in [-0.39, 0.29) is 35.7 Å². The van der Waals surface area contributed by atoms with E-state index in [1.165, 1.54) is 0 Å². The van der Waals surface area contributed by atoms with Crippen molar-refractivity contribution in [3.05, 3.63) is 35.2 Å². The molecular weight excluding hydrogens is 676 g/mol. The Bertz CT molecular complexity index is 1330. The van der Waals surface area contributed by atoms with Crippen LogP contribution in [0.2, 0.25) is 0 Å². The summed E-state index contributed by atoms with van der Waals surface area (Å²) in [4.78, 5) is 0. The van der Waals surface area contributed by atoms with Gasteiger partial charge in [-0.25, -0.2) is 0 Å². The molecule has 13 nitrogen and oxygen atoms in total. The molecular formula is C39H64O13. The Morgan fingerprint density at radius 1 is 0.808 bits per heavy atom. The molecule has 0 aromatic heterocycles. The van der Waals surface area contributed by atoms with Crippen molar-refractivity contribution in [2.24, 2.45) is 52.3 Å². The molecule has 0 aromatic rings. The van der Waals surface area contributed by atoms with Gasteiger partial charge in [0.1, 0.15) is 12.2 Å². The van der Waals surface area contributed by atoms with Crippen LogP contribution in [0.25, 0.3) is 0 Å². The zero-order valence-corrected chi connectivity index (χ0v) is 31.3. The highest BCUT2D eigenvalue weighted by Crippen LogP contribution is 2.70. The summed E-state index contributed by atoms with van der Waals surface area (Å²) in [6.45, 7) is 10.1. The van der Waals surface area contributed by atoms with E-state index in [2.05, 4.69) is 34.6 Å². The van der Waals surface area contributed by atoms with Crippen molar-refractivity contribution in [3.63, 3.8) is 0 Å². The lowest BCUT2D eigenvalue weighted by atomic mass is 9.44. The van der Waals surface area contributed by atoms with Crippen LogP contribution in [0.4, 0.5) is 0 Å². The molecule has 0 radical (unpaired) electrons. The second kappa shape index (κ2) is 16.0. The maximum absolute atomic E-state index is 11.5. The fourth-order valence-corrected chi connectivity index (χ4v) is 11.2. The van der Waals surface area contributed by atoms with Gasteiger partial charge in [-0.2, -0.15) is 0 Å². The number of aliphatic hydroxyl groups excluding tert-OH is 9. The fraction of sp³-hybridized carbons (Fsp3) is 0.846. The SMILES string of the molecule is CC(C)/C=C/[C@@]1(O)OC2CC3C4CC[C@@H]5CC(OC(O)/C(OC(O)/C(O)=C(\O)C(O)CCO)=C(\O)C(O)CCO)CC[C@]5(C)C4CC[C@]3(C)C2[C@@H]1C. The minimum atomic E-state index is -2.39. The van der Waals surface area contributed by atoms with Crippen molar-refractivity contribution in [3.8, 4) is 0 Å². The lowest BCUT2D eigenvalue weighted by Gasteiger charge is -2.61. The highest BCUT2D eigenvalue weighted by atomic mass is 16.7. The topological polar surface area (TPSA) is 230 Å². The molecule has 5 aliphatic rings. The molecule has 1 saturated heterocycles. The molecule has 10 unspecified atom stereocenters. The molecule has 0 bridgehead atoms. The van der Waals surface area contributed by atoms with Crippen molar-refractivity contribution >= 4 is 0 Å². The van der Waals surface area contributed by atoms with Crippen LogP contribution in [-0.4, -0.2) is 107 Å². The monoisotopic (exact) mass is 740 g/mol. The van der Waals surface area contributed by atoms with Gasteiger partial charge >= 0.3 is 0 Å². The Morgan fingerprint density at radius 2 is 1.44 bits per heavy atom. The van der Waals surface area contributed by atoms with Gasteiger partial charge in [0.25, 0.3) is 6.29 Å². The van der Waals surface area contributed by atoms with Gasteiger partial charge in [-0.3, -0.25) is 0 Å². The van der Waals surface area contributed by atoms with Gasteiger partial charge in [-0.05, 0) is 104 Å². The van der Waals surface area contributed by atoms with Gasteiger partial charge in [-0.15, -0.1) is 0 Å². The first-order valence-corrected chi connectivity index (χ1v) is 19.3. The van der Waals surface area contributed by atoms with E-state index < -0.39 is 72.9 Å². The van der Waals surface area contributed by atoms with E-state index in [1.807, 2.05) is 12.2 Å². The quantitative estimate of drug-likeness (QED) is 0.0695. The molecule has 0 spiro atoms. The van der Waals surface area contributed by atoms with Gasteiger partial charge in [0.05, 0.1) is 12.2 Å². The van der Waals surface area contributed by atoms with Crippen LogP contribution in [0.15, 0.2) is 35.2 Å². The summed E-state index contributed by atoms with van der Waals surface area (Å²) < 4.78 is 17.7. The van der Waals surface area contributed by atoms with Gasteiger partial charge in [-0.1, -0.05) is 40.7 Å². The Hall–Kier alpha value is -1.94. The van der Waals surface area contributed by atoms with Crippen molar-refractivity contribution in [1.82, 2.24) is 0 Å². The van der Waals surface area contributed by atoms with Gasteiger partial charge in [0, 0.05) is 32.0 Å². The normalized spacial score (nSPS) is 42.0. The van der Waals surface area contributed by atoms with Crippen LogP contribution in [0.1, 0.15) is 98.8 Å². The highest BCUT2D eigenvalue weighted by Gasteiger charge is 2.68. The van der Waals surface area contributed by atoms with E-state index in [0.29, 0.717) is 48.3 Å². The standard InChI is InChI=1S/C39H64O13/c1-20(2)8-15-39(49)21(3)30-29(52-39)19-26-24-7-6-22-18-23(9-13-37(22,4)25(24)10-14-38(26,30)5)50-36(48)34(32(45)28(43)12-17-41)51-35(47)33(46)31(44)27(42)11-16-40/h8,15,20-30,35-36,40-49H,6-7,9-14,16-19H2,1-5H3/b15-8+,33-31+,34-32+/t21-,22+,23?,24?,25?,26?,27?,28?,29?,30?,35?,36?,37-,38-,39+/m0/s1. The molecule has 1 aliphatic heterocycles. The third kappa shape index (κ3) is 7.64. The minimum absolute atomic E-state index is 0.00162. The molecule has 52 heavy (non-hydrogen) atoms. The zero-order valence-electron chi connectivity index (χ0n) is 31.3. The minimum Gasteiger partial charge on any atom is -0.506 e. The Morgan fingerprint density at radius 3 is 2.08 bits per heavy atom. The number of rotatable bonds is 14. The summed E-state index contributed by atoms with van der Waals surface area (Å²) in [5.74, 6) is -2.81. The molecule has 5 rings (SSSR count). The summed E-state index contributed by atoms with van der Waals surface area (Å²) in [5.41, 5.74) is 0.135. The zero-order chi connectivity index (χ0) is 38.3. The fourth-order valence-electron chi connectivity index (χ4n) is 11.2. The van der Waals surface area contributed by atoms with Crippen LogP contribution in [0.5, 0.6) is 0 Å². The molecule has 0 aromatic carbocycles. The maximum atomic E-state index is 11.5. The third-order valence-corrected chi connectivity index (χ3v) is 13.9. The number of allylic oxidation sites excluding steroid dienone is 1. The Kier molecular flexibility index (Phi) is 12.7. The average Bonchev–Trinajstić information content (AvgIpc) is 3.53. The van der Waals surface area contributed by atoms with Crippen molar-refractivity contribution in [1.29, 1.82) is 0 Å². The number of fused-ring (bicyclic) bond motifs is 7. The second-order valence-electron chi connectivity index (χ2n) is 17.2. The highest BCUT2D eigenvalue weighted by molar-refractivity contribution is 5.18. The summed E-state index contributed by atoms with van der Waals surface area (Å²) >= 11 is 0. The van der Waals surface area contributed by atoms with Gasteiger partial charge in [0.15, 0.2) is 23.1 Å². The molecule has 5 fully saturated rings. The average molecular weight is 741 g/mol. The lowest BCUT2D eigenvalue weighted by molar-refractivity contribution is -0.198. The Labute approximate surface area is 307 Å². The first kappa shape index (κ1) is 41.2. The lowest BCUT2D eigenvalue weighted by Crippen LogP contribution is -2.55. The van der Waals surface area contributed by atoms with E-state index in [4.69, 9.17) is 19.3 Å². The van der Waals surface area contributed by atoms with Crippen molar-refractivity contribution in [2.45, 2.75) is 142 Å². The molecule has 13 heteroatoms. The summed E-state index contributed by atoms with van der Waals surface area (Å²) in [7, 11) is 0. The van der Waals surface area contributed by atoms with Crippen LogP contribution < -0.4 is 0 Å². The second-order valence-corrected chi connectivity index (χ2v) is 17.2. The molecule has 4 saturated carbocycles. The van der Waals surface area contributed by atoms with Crippen LogP contribution in [0.3, 0.4) is 0 Å². The largest absolute Gasteiger partial charge is 0.506 e. The summed E-state index contributed by atoms with van der Waals surface area (Å²) in [6, 6.07) is 0. The van der Waals surface area contributed by atoms with Crippen molar-refractivity contribution in [2.75, 3.05) is 13.2 Å². The summed E-state index contributed by atoms with van der Waals surface area (Å²) in [6.07, 6.45) is 2.25. The van der Waals surface area contributed by atoms with E-state index >= 15 is 0 Å². The van der Waals surface area contributed by atoms with E-state index in [1.54, 1.807) is 0 Å².